The Balaban J connectivity index is 1.42. The summed E-state index contributed by atoms with van der Waals surface area (Å²) in [6, 6.07) is 13.1. The number of anilines is 1. The topological polar surface area (TPSA) is 91.9 Å². The second-order valence-electron chi connectivity index (χ2n) is 6.45. The number of para-hydroxylation sites is 1. The molecule has 1 atom stereocenters. The summed E-state index contributed by atoms with van der Waals surface area (Å²) in [5.74, 6) is 0.976. The van der Waals surface area contributed by atoms with E-state index in [1.54, 1.807) is 24.5 Å². The second kappa shape index (κ2) is 8.01. The van der Waals surface area contributed by atoms with E-state index in [1.807, 2.05) is 30.3 Å². The smallest absolute Gasteiger partial charge is 0.259 e. The van der Waals surface area contributed by atoms with Gasteiger partial charge in [-0.15, -0.1) is 0 Å². The SMILES string of the molecule is O=C(Nc1ccc(Oc2ccccc2)nc1)c1cn[nH]c1C1CCCCN1. The van der Waals surface area contributed by atoms with Crippen LogP contribution in [0.1, 0.15) is 41.4 Å². The molecule has 1 amide bonds. The third-order valence-electron chi connectivity index (χ3n) is 4.53. The van der Waals surface area contributed by atoms with Crippen LogP contribution in [0.3, 0.4) is 0 Å². The Hall–Kier alpha value is -3.19. The van der Waals surface area contributed by atoms with Crippen LogP contribution in [0.25, 0.3) is 0 Å². The molecule has 1 aromatic carbocycles. The van der Waals surface area contributed by atoms with Gasteiger partial charge in [-0.05, 0) is 37.6 Å². The van der Waals surface area contributed by atoms with Crippen LogP contribution in [0.4, 0.5) is 5.69 Å². The largest absolute Gasteiger partial charge is 0.439 e. The average Bonchev–Trinajstić information content (AvgIpc) is 3.21. The number of ether oxygens (including phenoxy) is 1. The summed E-state index contributed by atoms with van der Waals surface area (Å²) in [6.45, 7) is 0.956. The number of benzene rings is 1. The van der Waals surface area contributed by atoms with E-state index in [1.165, 1.54) is 0 Å². The summed E-state index contributed by atoms with van der Waals surface area (Å²) >= 11 is 0. The molecule has 2 aromatic heterocycles. The number of amides is 1. The Morgan fingerprint density at radius 3 is 2.74 bits per heavy atom. The molecule has 0 spiro atoms. The Morgan fingerprint density at radius 2 is 2.00 bits per heavy atom. The first-order valence-electron chi connectivity index (χ1n) is 9.06. The molecule has 1 aliphatic heterocycles. The van der Waals surface area contributed by atoms with Crippen LogP contribution in [0, 0.1) is 0 Å². The maximum atomic E-state index is 12.7. The van der Waals surface area contributed by atoms with Crippen molar-refractivity contribution in [1.82, 2.24) is 20.5 Å². The lowest BCUT2D eigenvalue weighted by Gasteiger charge is -2.23. The van der Waals surface area contributed by atoms with E-state index in [9.17, 15) is 4.79 Å². The molecular weight excluding hydrogens is 342 g/mol. The van der Waals surface area contributed by atoms with E-state index in [2.05, 4.69) is 25.8 Å². The molecule has 138 valence electrons. The monoisotopic (exact) mass is 363 g/mol. The maximum absolute atomic E-state index is 12.7. The number of hydrogen-bond donors (Lipinski definition) is 3. The zero-order chi connectivity index (χ0) is 18.5. The average molecular weight is 363 g/mol. The van der Waals surface area contributed by atoms with Gasteiger partial charge in [-0.2, -0.15) is 5.10 Å². The van der Waals surface area contributed by atoms with E-state index in [-0.39, 0.29) is 11.9 Å². The van der Waals surface area contributed by atoms with Gasteiger partial charge < -0.3 is 15.4 Å². The molecule has 1 aliphatic rings. The number of nitrogens with zero attached hydrogens (tertiary/aromatic N) is 2. The van der Waals surface area contributed by atoms with E-state index in [4.69, 9.17) is 4.74 Å². The highest BCUT2D eigenvalue weighted by Gasteiger charge is 2.23. The predicted molar refractivity (Wildman–Crippen MR) is 102 cm³/mol. The lowest BCUT2D eigenvalue weighted by molar-refractivity contribution is 0.102. The normalized spacial score (nSPS) is 16.7. The number of aromatic amines is 1. The molecule has 3 N–H and O–H groups in total. The van der Waals surface area contributed by atoms with Crippen LogP contribution in [0.5, 0.6) is 11.6 Å². The first kappa shape index (κ1) is 17.2. The summed E-state index contributed by atoms with van der Waals surface area (Å²) in [7, 11) is 0. The van der Waals surface area contributed by atoms with Crippen molar-refractivity contribution in [2.45, 2.75) is 25.3 Å². The number of carbonyl (C=O) groups is 1. The molecule has 1 unspecified atom stereocenters. The lowest BCUT2D eigenvalue weighted by Crippen LogP contribution is -2.29. The number of aromatic nitrogens is 3. The highest BCUT2D eigenvalue weighted by Crippen LogP contribution is 2.25. The summed E-state index contributed by atoms with van der Waals surface area (Å²) in [6.07, 6.45) is 6.45. The minimum Gasteiger partial charge on any atom is -0.439 e. The highest BCUT2D eigenvalue weighted by atomic mass is 16.5. The summed E-state index contributed by atoms with van der Waals surface area (Å²) < 4.78 is 5.66. The molecule has 27 heavy (non-hydrogen) atoms. The fourth-order valence-corrected chi connectivity index (χ4v) is 3.16. The van der Waals surface area contributed by atoms with Gasteiger partial charge in [0.25, 0.3) is 5.91 Å². The van der Waals surface area contributed by atoms with Crippen molar-refractivity contribution >= 4 is 11.6 Å². The van der Waals surface area contributed by atoms with Crippen molar-refractivity contribution in [3.63, 3.8) is 0 Å². The third kappa shape index (κ3) is 4.15. The number of carbonyl (C=O) groups excluding carboxylic acids is 1. The number of rotatable bonds is 5. The Bertz CT molecular complexity index is 886. The van der Waals surface area contributed by atoms with Crippen LogP contribution < -0.4 is 15.4 Å². The molecular formula is C20H21N5O2. The molecule has 3 aromatic rings. The molecule has 4 rings (SSSR count). The molecule has 3 heterocycles. The van der Waals surface area contributed by atoms with Gasteiger partial charge in [-0.1, -0.05) is 24.6 Å². The predicted octanol–water partition coefficient (Wildman–Crippen LogP) is 3.66. The quantitative estimate of drug-likeness (QED) is 0.643. The van der Waals surface area contributed by atoms with E-state index in [0.29, 0.717) is 22.9 Å². The molecule has 0 aliphatic carbocycles. The van der Waals surface area contributed by atoms with Gasteiger partial charge in [0.05, 0.1) is 29.3 Å². The van der Waals surface area contributed by atoms with Crippen molar-refractivity contribution in [3.05, 3.63) is 66.1 Å². The minimum absolute atomic E-state index is 0.141. The first-order chi connectivity index (χ1) is 13.3. The Labute approximate surface area is 157 Å². The standard InChI is InChI=1S/C20H21N5O2/c26-20(16-13-23-25-19(16)17-8-4-5-11-21-17)24-14-9-10-18(22-12-14)27-15-6-2-1-3-7-15/h1-3,6-7,9-10,12-13,17,21H,4-5,8,11H2,(H,23,25)(H,24,26). The minimum atomic E-state index is -0.204. The third-order valence-corrected chi connectivity index (χ3v) is 4.53. The van der Waals surface area contributed by atoms with Crippen molar-refractivity contribution in [1.29, 1.82) is 0 Å². The van der Waals surface area contributed by atoms with Crippen molar-refractivity contribution in [3.8, 4) is 11.6 Å². The van der Waals surface area contributed by atoms with E-state index in [0.717, 1.165) is 31.5 Å². The summed E-state index contributed by atoms with van der Waals surface area (Å²) in [5.41, 5.74) is 1.99. The zero-order valence-electron chi connectivity index (χ0n) is 14.8. The van der Waals surface area contributed by atoms with Crippen molar-refractivity contribution in [2.24, 2.45) is 0 Å². The Morgan fingerprint density at radius 1 is 1.11 bits per heavy atom. The van der Waals surface area contributed by atoms with Gasteiger partial charge in [0.2, 0.25) is 5.88 Å². The molecule has 0 bridgehead atoms. The number of nitrogens with one attached hydrogen (secondary N) is 3. The maximum Gasteiger partial charge on any atom is 0.259 e. The number of H-pyrrole nitrogens is 1. The zero-order valence-corrected chi connectivity index (χ0v) is 14.8. The van der Waals surface area contributed by atoms with Crippen molar-refractivity contribution < 1.29 is 9.53 Å². The van der Waals surface area contributed by atoms with Crippen molar-refractivity contribution in [2.75, 3.05) is 11.9 Å². The number of hydrogen-bond acceptors (Lipinski definition) is 5. The van der Waals surface area contributed by atoms with Gasteiger partial charge in [0.1, 0.15) is 5.75 Å². The molecule has 7 heteroatoms. The van der Waals surface area contributed by atoms with Crippen LogP contribution in [0.15, 0.2) is 54.9 Å². The van der Waals surface area contributed by atoms with Crippen LogP contribution >= 0.6 is 0 Å². The fraction of sp³-hybridized carbons (Fsp3) is 0.250. The van der Waals surface area contributed by atoms with Crippen LogP contribution in [-0.4, -0.2) is 27.6 Å². The first-order valence-corrected chi connectivity index (χ1v) is 9.06. The van der Waals surface area contributed by atoms with Crippen LogP contribution in [-0.2, 0) is 0 Å². The van der Waals surface area contributed by atoms with Gasteiger partial charge in [-0.25, -0.2) is 4.98 Å². The molecule has 7 nitrogen and oxygen atoms in total. The summed E-state index contributed by atoms with van der Waals surface area (Å²) in [5, 5.41) is 13.3. The van der Waals surface area contributed by atoms with Crippen LogP contribution in [0.2, 0.25) is 0 Å². The molecule has 0 saturated carbocycles. The molecule has 0 radical (unpaired) electrons. The highest BCUT2D eigenvalue weighted by molar-refractivity contribution is 6.04. The fourth-order valence-electron chi connectivity index (χ4n) is 3.16. The number of pyridine rings is 1. The molecule has 1 fully saturated rings. The lowest BCUT2D eigenvalue weighted by atomic mass is 9.99. The second-order valence-corrected chi connectivity index (χ2v) is 6.45. The Kier molecular flexibility index (Phi) is 5.11. The van der Waals surface area contributed by atoms with Gasteiger partial charge >= 0.3 is 0 Å². The van der Waals surface area contributed by atoms with Gasteiger partial charge in [-0.3, -0.25) is 9.89 Å². The van der Waals surface area contributed by atoms with Gasteiger partial charge in [0.15, 0.2) is 0 Å². The van der Waals surface area contributed by atoms with E-state index >= 15 is 0 Å². The summed E-state index contributed by atoms with van der Waals surface area (Å²) in [4.78, 5) is 16.9. The number of piperidine rings is 1. The van der Waals surface area contributed by atoms with E-state index < -0.39 is 0 Å². The van der Waals surface area contributed by atoms with Gasteiger partial charge in [0, 0.05) is 12.1 Å². The molecule has 1 saturated heterocycles.